The van der Waals surface area contributed by atoms with Gasteiger partial charge in [-0.15, -0.1) is 0 Å². The highest BCUT2D eigenvalue weighted by Crippen LogP contribution is 2.15. The third-order valence-electron chi connectivity index (χ3n) is 4.82. The fraction of sp³-hybridized carbons (Fsp3) is 0.250. The van der Waals surface area contributed by atoms with Crippen molar-refractivity contribution in [3.8, 4) is 5.88 Å². The van der Waals surface area contributed by atoms with Crippen molar-refractivity contribution in [2.24, 2.45) is 0 Å². The van der Waals surface area contributed by atoms with Crippen LogP contribution >= 0.6 is 0 Å². The van der Waals surface area contributed by atoms with Crippen LogP contribution in [0.25, 0.3) is 0 Å². The van der Waals surface area contributed by atoms with Gasteiger partial charge in [-0.3, -0.25) is 4.79 Å². The zero-order valence-electron chi connectivity index (χ0n) is 18.6. The summed E-state index contributed by atoms with van der Waals surface area (Å²) < 4.78 is 52.4. The number of carbonyl (C=O) groups excluding carboxylic acids is 1. The summed E-state index contributed by atoms with van der Waals surface area (Å²) in [6.07, 6.45) is 1.64. The molecular weight excluding hydrogens is 461 g/mol. The number of aromatic nitrogens is 1. The number of ether oxygens (including phenoxy) is 2. The molecule has 0 spiro atoms. The molecule has 1 heterocycles. The first-order valence-electron chi connectivity index (χ1n) is 10.5. The predicted molar refractivity (Wildman–Crippen MR) is 124 cm³/mol. The van der Waals surface area contributed by atoms with Crippen LogP contribution in [0.3, 0.4) is 0 Å². The zero-order valence-corrected chi connectivity index (χ0v) is 19.4. The topological polar surface area (TPSA) is 107 Å². The summed E-state index contributed by atoms with van der Waals surface area (Å²) in [5, 5.41) is 2.72. The number of halogens is 1. The maximum absolute atomic E-state index is 14.1. The molecule has 0 fully saturated rings. The summed E-state index contributed by atoms with van der Waals surface area (Å²) in [6, 6.07) is 16.2. The van der Waals surface area contributed by atoms with Crippen LogP contribution < -0.4 is 14.8 Å². The number of hydrogen-bond donors (Lipinski definition) is 2. The molecule has 0 aliphatic carbocycles. The van der Waals surface area contributed by atoms with Gasteiger partial charge in [0.15, 0.2) is 0 Å². The number of methoxy groups -OCH3 is 1. The second kappa shape index (κ2) is 12.2. The van der Waals surface area contributed by atoms with Crippen molar-refractivity contribution in [1.82, 2.24) is 15.0 Å². The molecule has 1 amide bonds. The van der Waals surface area contributed by atoms with E-state index in [2.05, 4.69) is 15.0 Å². The maximum Gasteiger partial charge on any atom is 0.244 e. The molecule has 0 bridgehead atoms. The third-order valence-corrected chi connectivity index (χ3v) is 6.33. The second-order valence-electron chi connectivity index (χ2n) is 7.36. The molecule has 0 aliphatic heterocycles. The van der Waals surface area contributed by atoms with Crippen molar-refractivity contribution in [3.05, 3.63) is 89.9 Å². The number of carbonyl (C=O) groups is 1. The van der Waals surface area contributed by atoms with Crippen molar-refractivity contribution < 1.29 is 27.1 Å². The van der Waals surface area contributed by atoms with Crippen LogP contribution in [0.5, 0.6) is 5.88 Å². The van der Waals surface area contributed by atoms with Gasteiger partial charge in [0.2, 0.25) is 21.8 Å². The van der Waals surface area contributed by atoms with Gasteiger partial charge in [0.05, 0.1) is 6.61 Å². The lowest BCUT2D eigenvalue weighted by atomic mass is 10.1. The summed E-state index contributed by atoms with van der Waals surface area (Å²) in [6.45, 7) is 0.922. The highest BCUT2D eigenvalue weighted by molar-refractivity contribution is 7.89. The second-order valence-corrected chi connectivity index (χ2v) is 9.04. The van der Waals surface area contributed by atoms with Crippen LogP contribution in [-0.2, 0) is 32.5 Å². The van der Waals surface area contributed by atoms with E-state index in [-0.39, 0.29) is 13.0 Å². The average molecular weight is 488 g/mol. The van der Waals surface area contributed by atoms with E-state index in [4.69, 9.17) is 9.47 Å². The first-order chi connectivity index (χ1) is 16.4. The van der Waals surface area contributed by atoms with Crippen LogP contribution in [0.1, 0.15) is 11.1 Å². The molecule has 180 valence electrons. The van der Waals surface area contributed by atoms with E-state index in [9.17, 15) is 17.6 Å². The Balaban J connectivity index is 1.70. The van der Waals surface area contributed by atoms with Gasteiger partial charge in [0, 0.05) is 25.9 Å². The summed E-state index contributed by atoms with van der Waals surface area (Å²) in [5.41, 5.74) is 1.45. The first kappa shape index (κ1) is 25.3. The van der Waals surface area contributed by atoms with Crippen molar-refractivity contribution >= 4 is 15.9 Å². The maximum atomic E-state index is 14.1. The van der Waals surface area contributed by atoms with Gasteiger partial charge in [-0.25, -0.2) is 17.8 Å². The predicted octanol–water partition coefficient (Wildman–Crippen LogP) is 2.45. The van der Waals surface area contributed by atoms with Crippen LogP contribution in [0.2, 0.25) is 0 Å². The smallest absolute Gasteiger partial charge is 0.244 e. The standard InChI is InChI=1S/C24H26FN3O5S/c1-32-13-14-33-23-12-11-19(16-26-23)17-27-24(29)21(15-18-7-3-2-4-8-18)28-34(30,31)22-10-6-5-9-20(22)25/h2-12,16,21,28H,13-15,17H2,1H3,(H,27,29). The zero-order chi connectivity index (χ0) is 24.4. The Morgan fingerprint density at radius 1 is 1.00 bits per heavy atom. The normalized spacial score (nSPS) is 12.2. The van der Waals surface area contributed by atoms with Crippen LogP contribution in [-0.4, -0.2) is 45.7 Å². The Labute approximate surface area is 198 Å². The van der Waals surface area contributed by atoms with E-state index in [1.807, 2.05) is 6.07 Å². The number of benzene rings is 2. The number of sulfonamides is 1. The van der Waals surface area contributed by atoms with Gasteiger partial charge in [0.25, 0.3) is 0 Å². The van der Waals surface area contributed by atoms with Crippen molar-refractivity contribution in [1.29, 1.82) is 0 Å². The van der Waals surface area contributed by atoms with Gasteiger partial charge in [-0.1, -0.05) is 48.5 Å². The van der Waals surface area contributed by atoms with E-state index in [0.29, 0.717) is 24.7 Å². The van der Waals surface area contributed by atoms with Gasteiger partial charge >= 0.3 is 0 Å². The van der Waals surface area contributed by atoms with Crippen molar-refractivity contribution in [2.45, 2.75) is 23.9 Å². The molecule has 3 aromatic rings. The summed E-state index contributed by atoms with van der Waals surface area (Å²) in [5.74, 6) is -1.02. The number of hydrogen-bond acceptors (Lipinski definition) is 6. The summed E-state index contributed by atoms with van der Waals surface area (Å²) >= 11 is 0. The number of nitrogens with one attached hydrogen (secondary N) is 2. The van der Waals surface area contributed by atoms with Crippen LogP contribution in [0, 0.1) is 5.82 Å². The molecule has 0 saturated heterocycles. The van der Waals surface area contributed by atoms with Gasteiger partial charge in [0.1, 0.15) is 23.4 Å². The molecule has 3 rings (SSSR count). The minimum absolute atomic E-state index is 0.0882. The quantitative estimate of drug-likeness (QED) is 0.380. The Morgan fingerprint density at radius 2 is 1.74 bits per heavy atom. The van der Waals surface area contributed by atoms with E-state index in [0.717, 1.165) is 17.7 Å². The minimum atomic E-state index is -4.28. The number of rotatable bonds is 12. The molecule has 0 aliphatic rings. The minimum Gasteiger partial charge on any atom is -0.475 e. The summed E-state index contributed by atoms with van der Waals surface area (Å²) in [4.78, 5) is 16.6. The number of pyridine rings is 1. The van der Waals surface area contributed by atoms with Crippen LogP contribution in [0.4, 0.5) is 4.39 Å². The number of amides is 1. The highest BCUT2D eigenvalue weighted by Gasteiger charge is 2.27. The molecule has 2 aromatic carbocycles. The largest absolute Gasteiger partial charge is 0.475 e. The third kappa shape index (κ3) is 7.34. The lowest BCUT2D eigenvalue weighted by molar-refractivity contribution is -0.122. The Morgan fingerprint density at radius 3 is 2.41 bits per heavy atom. The van der Waals surface area contributed by atoms with E-state index >= 15 is 0 Å². The summed E-state index contributed by atoms with van der Waals surface area (Å²) in [7, 11) is -2.71. The average Bonchev–Trinajstić information content (AvgIpc) is 2.84. The SMILES string of the molecule is COCCOc1ccc(CNC(=O)C(Cc2ccccc2)NS(=O)(=O)c2ccccc2F)cn1. The number of nitrogens with zero attached hydrogens (tertiary/aromatic N) is 1. The molecule has 0 saturated carbocycles. The first-order valence-corrected chi connectivity index (χ1v) is 12.0. The lowest BCUT2D eigenvalue weighted by Crippen LogP contribution is -2.47. The molecule has 1 atom stereocenters. The van der Waals surface area contributed by atoms with E-state index in [1.54, 1.807) is 49.7 Å². The van der Waals surface area contributed by atoms with Crippen LogP contribution in [0.15, 0.2) is 77.8 Å². The van der Waals surface area contributed by atoms with E-state index in [1.165, 1.54) is 12.1 Å². The molecule has 1 unspecified atom stereocenters. The fourth-order valence-corrected chi connectivity index (χ4v) is 4.37. The molecule has 8 nitrogen and oxygen atoms in total. The Kier molecular flexibility index (Phi) is 9.08. The van der Waals surface area contributed by atoms with Crippen molar-refractivity contribution in [2.75, 3.05) is 20.3 Å². The van der Waals surface area contributed by atoms with E-state index < -0.39 is 32.7 Å². The molecule has 2 N–H and O–H groups in total. The molecule has 34 heavy (non-hydrogen) atoms. The highest BCUT2D eigenvalue weighted by atomic mass is 32.2. The fourth-order valence-electron chi connectivity index (χ4n) is 3.09. The lowest BCUT2D eigenvalue weighted by Gasteiger charge is -2.19. The Bertz CT molecular complexity index is 1170. The Hall–Kier alpha value is -3.34. The van der Waals surface area contributed by atoms with Gasteiger partial charge < -0.3 is 14.8 Å². The molecule has 10 heteroatoms. The van der Waals surface area contributed by atoms with Gasteiger partial charge in [-0.05, 0) is 29.7 Å². The monoisotopic (exact) mass is 487 g/mol. The molecular formula is C24H26FN3O5S. The van der Waals surface area contributed by atoms with Crippen molar-refractivity contribution in [3.63, 3.8) is 0 Å². The van der Waals surface area contributed by atoms with Gasteiger partial charge in [-0.2, -0.15) is 4.72 Å². The molecule has 0 radical (unpaired) electrons. The molecule has 1 aromatic heterocycles.